The van der Waals surface area contributed by atoms with Crippen LogP contribution >= 0.6 is 0 Å². The molecule has 2 unspecified atom stereocenters. The molecule has 2 fully saturated rings. The molecule has 2 N–H and O–H groups in total. The lowest BCUT2D eigenvalue weighted by atomic mass is 9.72. The molecule has 1 heteroatoms. The first-order valence-electron chi connectivity index (χ1n) is 6.43. The Hall–Kier alpha value is -0.820. The molecule has 0 radical (unpaired) electrons. The zero-order valence-corrected chi connectivity index (χ0v) is 10.2. The van der Waals surface area contributed by atoms with Crippen LogP contribution in [0, 0.1) is 11.8 Å². The number of rotatable bonds is 2. The fourth-order valence-electron chi connectivity index (χ4n) is 4.03. The second kappa shape index (κ2) is 3.10. The van der Waals surface area contributed by atoms with E-state index in [0.29, 0.717) is 0 Å². The van der Waals surface area contributed by atoms with Crippen LogP contribution in [0.4, 0.5) is 0 Å². The SMILES string of the molecule is CC(C)(c1ccccc1)C1(N)C2CCCC21. The summed E-state index contributed by atoms with van der Waals surface area (Å²) < 4.78 is 0. The molecule has 3 rings (SSSR count). The van der Waals surface area contributed by atoms with E-state index in [1.54, 1.807) is 0 Å². The van der Waals surface area contributed by atoms with E-state index in [4.69, 9.17) is 5.73 Å². The summed E-state index contributed by atoms with van der Waals surface area (Å²) in [6.07, 6.45) is 4.08. The van der Waals surface area contributed by atoms with Gasteiger partial charge in [0.1, 0.15) is 0 Å². The van der Waals surface area contributed by atoms with Crippen LogP contribution in [0.2, 0.25) is 0 Å². The Morgan fingerprint density at radius 1 is 1.12 bits per heavy atom. The summed E-state index contributed by atoms with van der Waals surface area (Å²) in [4.78, 5) is 0. The maximum Gasteiger partial charge on any atom is 0.0310 e. The largest absolute Gasteiger partial charge is 0.324 e. The second-order valence-corrected chi connectivity index (χ2v) is 6.07. The molecule has 1 aromatic rings. The van der Waals surface area contributed by atoms with Crippen molar-refractivity contribution in [1.29, 1.82) is 0 Å². The molecule has 0 spiro atoms. The third-order valence-corrected chi connectivity index (χ3v) is 5.21. The van der Waals surface area contributed by atoms with Gasteiger partial charge in [0.05, 0.1) is 0 Å². The monoisotopic (exact) mass is 215 g/mol. The van der Waals surface area contributed by atoms with Crippen molar-refractivity contribution in [2.24, 2.45) is 17.6 Å². The number of benzene rings is 1. The van der Waals surface area contributed by atoms with Crippen molar-refractivity contribution in [2.75, 3.05) is 0 Å². The van der Waals surface area contributed by atoms with Gasteiger partial charge in [-0.2, -0.15) is 0 Å². The van der Waals surface area contributed by atoms with E-state index in [-0.39, 0.29) is 11.0 Å². The third kappa shape index (κ3) is 1.10. The van der Waals surface area contributed by atoms with Crippen LogP contribution in [-0.2, 0) is 5.41 Å². The molecule has 0 aliphatic heterocycles. The van der Waals surface area contributed by atoms with Crippen molar-refractivity contribution in [2.45, 2.75) is 44.1 Å². The van der Waals surface area contributed by atoms with Gasteiger partial charge in [0.2, 0.25) is 0 Å². The summed E-state index contributed by atoms with van der Waals surface area (Å²) in [5.41, 5.74) is 8.28. The quantitative estimate of drug-likeness (QED) is 0.806. The van der Waals surface area contributed by atoms with Crippen molar-refractivity contribution in [3.8, 4) is 0 Å². The van der Waals surface area contributed by atoms with Gasteiger partial charge in [-0.25, -0.2) is 0 Å². The predicted octanol–water partition coefficient (Wildman–Crippen LogP) is 3.09. The molecule has 0 heterocycles. The lowest BCUT2D eigenvalue weighted by Crippen LogP contribution is -2.47. The Bertz CT molecular complexity index is 383. The third-order valence-electron chi connectivity index (χ3n) is 5.21. The summed E-state index contributed by atoms with van der Waals surface area (Å²) in [5.74, 6) is 1.56. The van der Waals surface area contributed by atoms with Crippen molar-refractivity contribution in [3.05, 3.63) is 35.9 Å². The normalized spacial score (nSPS) is 37.2. The molecule has 0 saturated heterocycles. The summed E-state index contributed by atoms with van der Waals surface area (Å²) in [5, 5.41) is 0. The fourth-order valence-corrected chi connectivity index (χ4v) is 4.03. The fraction of sp³-hybridized carbons (Fsp3) is 0.600. The van der Waals surface area contributed by atoms with E-state index in [1.165, 1.54) is 24.8 Å². The van der Waals surface area contributed by atoms with E-state index in [2.05, 4.69) is 44.2 Å². The van der Waals surface area contributed by atoms with Gasteiger partial charge in [0, 0.05) is 11.0 Å². The highest BCUT2D eigenvalue weighted by atomic mass is 15.0. The lowest BCUT2D eigenvalue weighted by molar-refractivity contribution is 0.323. The minimum atomic E-state index is 0.0621. The molecule has 1 aromatic carbocycles. The second-order valence-electron chi connectivity index (χ2n) is 6.07. The molecule has 2 saturated carbocycles. The number of hydrogen-bond donors (Lipinski definition) is 1. The van der Waals surface area contributed by atoms with Crippen molar-refractivity contribution < 1.29 is 0 Å². The van der Waals surface area contributed by atoms with Crippen molar-refractivity contribution in [3.63, 3.8) is 0 Å². The average molecular weight is 215 g/mol. The molecule has 86 valence electrons. The maximum atomic E-state index is 6.71. The molecule has 2 atom stereocenters. The van der Waals surface area contributed by atoms with Crippen LogP contribution in [0.3, 0.4) is 0 Å². The van der Waals surface area contributed by atoms with Crippen molar-refractivity contribution in [1.82, 2.24) is 0 Å². The van der Waals surface area contributed by atoms with Crippen molar-refractivity contribution >= 4 is 0 Å². The van der Waals surface area contributed by atoms with Crippen LogP contribution in [0.5, 0.6) is 0 Å². The first-order valence-corrected chi connectivity index (χ1v) is 6.43. The van der Waals surface area contributed by atoms with Crippen LogP contribution in [0.1, 0.15) is 38.7 Å². The van der Waals surface area contributed by atoms with E-state index >= 15 is 0 Å². The summed E-state index contributed by atoms with van der Waals surface area (Å²) >= 11 is 0. The summed E-state index contributed by atoms with van der Waals surface area (Å²) in [6, 6.07) is 10.8. The Kier molecular flexibility index (Phi) is 2.00. The Balaban J connectivity index is 1.95. The van der Waals surface area contributed by atoms with E-state index < -0.39 is 0 Å². The van der Waals surface area contributed by atoms with Gasteiger partial charge in [0.25, 0.3) is 0 Å². The number of fused-ring (bicyclic) bond motifs is 1. The Morgan fingerprint density at radius 3 is 2.25 bits per heavy atom. The van der Waals surface area contributed by atoms with Crippen LogP contribution in [0.25, 0.3) is 0 Å². The molecular weight excluding hydrogens is 194 g/mol. The molecule has 0 aromatic heterocycles. The summed E-state index contributed by atoms with van der Waals surface area (Å²) in [7, 11) is 0. The first kappa shape index (κ1) is 10.3. The maximum absolute atomic E-state index is 6.71. The van der Waals surface area contributed by atoms with Gasteiger partial charge in [-0.15, -0.1) is 0 Å². The van der Waals surface area contributed by atoms with Crippen LogP contribution in [-0.4, -0.2) is 5.54 Å². The van der Waals surface area contributed by atoms with Gasteiger partial charge in [0.15, 0.2) is 0 Å². The first-order chi connectivity index (χ1) is 7.58. The molecule has 2 aliphatic carbocycles. The van der Waals surface area contributed by atoms with E-state index in [0.717, 1.165) is 11.8 Å². The zero-order valence-electron chi connectivity index (χ0n) is 10.2. The van der Waals surface area contributed by atoms with E-state index in [1.807, 2.05) is 0 Å². The minimum absolute atomic E-state index is 0.0621. The predicted molar refractivity (Wildman–Crippen MR) is 67.2 cm³/mol. The zero-order chi connectivity index (χ0) is 11.4. The van der Waals surface area contributed by atoms with Crippen LogP contribution in [0.15, 0.2) is 30.3 Å². The molecule has 2 aliphatic rings. The number of hydrogen-bond acceptors (Lipinski definition) is 1. The van der Waals surface area contributed by atoms with Gasteiger partial charge < -0.3 is 5.73 Å². The Morgan fingerprint density at radius 2 is 1.69 bits per heavy atom. The highest BCUT2D eigenvalue weighted by molar-refractivity contribution is 5.37. The summed E-state index contributed by atoms with van der Waals surface area (Å²) in [6.45, 7) is 4.64. The smallest absolute Gasteiger partial charge is 0.0310 e. The molecule has 0 bridgehead atoms. The highest BCUT2D eigenvalue weighted by Gasteiger charge is 2.69. The molecule has 1 nitrogen and oxygen atoms in total. The Labute approximate surface area is 98.0 Å². The average Bonchev–Trinajstić information content (AvgIpc) is 2.69. The highest BCUT2D eigenvalue weighted by Crippen LogP contribution is 2.66. The lowest BCUT2D eigenvalue weighted by Gasteiger charge is -2.36. The molecule has 16 heavy (non-hydrogen) atoms. The minimum Gasteiger partial charge on any atom is -0.324 e. The standard InChI is InChI=1S/C15H21N/c1-14(2,11-7-4-3-5-8-11)15(16)12-9-6-10-13(12)15/h3-5,7-8,12-13H,6,9-10,16H2,1-2H3. The van der Waals surface area contributed by atoms with Gasteiger partial charge in [-0.1, -0.05) is 50.6 Å². The van der Waals surface area contributed by atoms with Gasteiger partial charge >= 0.3 is 0 Å². The topological polar surface area (TPSA) is 26.0 Å². The molecular formula is C15H21N. The van der Waals surface area contributed by atoms with Gasteiger partial charge in [-0.05, 0) is 30.2 Å². The van der Waals surface area contributed by atoms with Crippen LogP contribution < -0.4 is 5.73 Å². The molecule has 0 amide bonds. The number of nitrogens with two attached hydrogens (primary N) is 1. The van der Waals surface area contributed by atoms with E-state index in [9.17, 15) is 0 Å². The van der Waals surface area contributed by atoms with Gasteiger partial charge in [-0.3, -0.25) is 0 Å².